The molecule has 0 radical (unpaired) electrons. The van der Waals surface area contributed by atoms with Crippen LogP contribution in [0.1, 0.15) is 18.4 Å². The van der Waals surface area contributed by atoms with Crippen LogP contribution < -0.4 is 5.32 Å². The van der Waals surface area contributed by atoms with Crippen LogP contribution in [-0.2, 0) is 16.1 Å². The maximum atomic E-state index is 13.4. The molecule has 1 aliphatic rings. The van der Waals surface area contributed by atoms with E-state index in [0.29, 0.717) is 18.4 Å². The van der Waals surface area contributed by atoms with Crippen molar-refractivity contribution >= 4 is 11.9 Å². The van der Waals surface area contributed by atoms with E-state index in [4.69, 9.17) is 5.11 Å². The summed E-state index contributed by atoms with van der Waals surface area (Å²) in [6.45, 7) is 0.0675. The molecule has 2 unspecified atom stereocenters. The monoisotopic (exact) mass is 277 g/mol. The minimum absolute atomic E-state index is 0.0675. The van der Waals surface area contributed by atoms with E-state index in [2.05, 4.69) is 5.32 Å². The van der Waals surface area contributed by atoms with E-state index in [9.17, 15) is 14.0 Å². The Morgan fingerprint density at radius 1 is 1.20 bits per heavy atom. The van der Waals surface area contributed by atoms with Crippen molar-refractivity contribution in [3.05, 3.63) is 47.8 Å². The Morgan fingerprint density at radius 2 is 1.85 bits per heavy atom. The number of amides is 1. The molecule has 0 saturated heterocycles. The standard InChI is InChI=1S/C15H16FNO3/c16-13-8-4-1-5-10(13)9-17-14(18)11-6-2-3-7-12(11)15(19)20/h1-5,8,11-12H,6-7,9H2,(H,17,18)(H,19,20). The van der Waals surface area contributed by atoms with Gasteiger partial charge in [-0.15, -0.1) is 0 Å². The number of carboxylic acid groups (broad SMARTS) is 1. The van der Waals surface area contributed by atoms with Crippen LogP contribution in [0.25, 0.3) is 0 Å². The topological polar surface area (TPSA) is 66.4 Å². The Morgan fingerprint density at radius 3 is 2.50 bits per heavy atom. The minimum atomic E-state index is -0.972. The van der Waals surface area contributed by atoms with Crippen LogP contribution in [-0.4, -0.2) is 17.0 Å². The van der Waals surface area contributed by atoms with Crippen molar-refractivity contribution in [2.24, 2.45) is 11.8 Å². The van der Waals surface area contributed by atoms with Crippen LogP contribution >= 0.6 is 0 Å². The number of hydrogen-bond acceptors (Lipinski definition) is 2. The maximum Gasteiger partial charge on any atom is 0.307 e. The minimum Gasteiger partial charge on any atom is -0.481 e. The smallest absolute Gasteiger partial charge is 0.307 e. The summed E-state index contributed by atoms with van der Waals surface area (Å²) >= 11 is 0. The third-order valence-corrected chi connectivity index (χ3v) is 3.50. The van der Waals surface area contributed by atoms with Crippen LogP contribution in [0.3, 0.4) is 0 Å². The van der Waals surface area contributed by atoms with E-state index in [0.717, 1.165) is 0 Å². The van der Waals surface area contributed by atoms with Gasteiger partial charge in [0.15, 0.2) is 0 Å². The molecule has 0 fully saturated rings. The first kappa shape index (κ1) is 14.2. The van der Waals surface area contributed by atoms with Crippen LogP contribution in [0, 0.1) is 17.7 Å². The second-order valence-electron chi connectivity index (χ2n) is 4.80. The van der Waals surface area contributed by atoms with Crippen molar-refractivity contribution in [1.82, 2.24) is 5.32 Å². The number of rotatable bonds is 4. The van der Waals surface area contributed by atoms with Crippen molar-refractivity contribution in [3.63, 3.8) is 0 Å². The first-order valence-corrected chi connectivity index (χ1v) is 6.48. The molecule has 2 atom stereocenters. The molecule has 1 aliphatic carbocycles. The fourth-order valence-corrected chi connectivity index (χ4v) is 2.33. The molecule has 1 aromatic carbocycles. The summed E-state index contributed by atoms with van der Waals surface area (Å²) in [5.74, 6) is -3.00. The highest BCUT2D eigenvalue weighted by Crippen LogP contribution is 2.26. The largest absolute Gasteiger partial charge is 0.481 e. The molecule has 0 aliphatic heterocycles. The lowest BCUT2D eigenvalue weighted by molar-refractivity contribution is -0.147. The van der Waals surface area contributed by atoms with Crippen molar-refractivity contribution in [1.29, 1.82) is 0 Å². The van der Waals surface area contributed by atoms with E-state index in [-0.39, 0.29) is 18.3 Å². The lowest BCUT2D eigenvalue weighted by Gasteiger charge is -2.24. The summed E-state index contributed by atoms with van der Waals surface area (Å²) < 4.78 is 13.4. The van der Waals surface area contributed by atoms with E-state index in [1.54, 1.807) is 24.3 Å². The fourth-order valence-electron chi connectivity index (χ4n) is 2.33. The molecular weight excluding hydrogens is 261 g/mol. The molecule has 106 valence electrons. The van der Waals surface area contributed by atoms with Crippen LogP contribution in [0.2, 0.25) is 0 Å². The summed E-state index contributed by atoms with van der Waals surface area (Å²) in [4.78, 5) is 23.2. The van der Waals surface area contributed by atoms with E-state index < -0.39 is 17.8 Å². The molecule has 0 bridgehead atoms. The van der Waals surface area contributed by atoms with Gasteiger partial charge in [-0.3, -0.25) is 9.59 Å². The van der Waals surface area contributed by atoms with Crippen molar-refractivity contribution < 1.29 is 19.1 Å². The quantitative estimate of drug-likeness (QED) is 0.828. The fraction of sp³-hybridized carbons (Fsp3) is 0.333. The molecule has 4 nitrogen and oxygen atoms in total. The van der Waals surface area contributed by atoms with Gasteiger partial charge in [-0.25, -0.2) is 4.39 Å². The summed E-state index contributed by atoms with van der Waals surface area (Å²) in [6.07, 6.45) is 4.35. The number of benzene rings is 1. The van der Waals surface area contributed by atoms with Gasteiger partial charge in [-0.05, 0) is 18.9 Å². The Balaban J connectivity index is 1.99. The first-order chi connectivity index (χ1) is 9.59. The van der Waals surface area contributed by atoms with Gasteiger partial charge in [-0.2, -0.15) is 0 Å². The number of carboxylic acids is 1. The number of halogens is 1. The van der Waals surface area contributed by atoms with Crippen molar-refractivity contribution in [2.45, 2.75) is 19.4 Å². The molecule has 0 aromatic heterocycles. The molecule has 0 spiro atoms. The zero-order valence-electron chi connectivity index (χ0n) is 10.9. The van der Waals surface area contributed by atoms with Gasteiger partial charge >= 0.3 is 5.97 Å². The van der Waals surface area contributed by atoms with Gasteiger partial charge in [0.2, 0.25) is 5.91 Å². The summed E-state index contributed by atoms with van der Waals surface area (Å²) in [7, 11) is 0. The van der Waals surface area contributed by atoms with Crippen LogP contribution in [0.5, 0.6) is 0 Å². The molecule has 1 aromatic rings. The average molecular weight is 277 g/mol. The second kappa shape index (κ2) is 6.32. The number of hydrogen-bond donors (Lipinski definition) is 2. The molecule has 1 amide bonds. The predicted molar refractivity (Wildman–Crippen MR) is 71.2 cm³/mol. The highest BCUT2D eigenvalue weighted by molar-refractivity contribution is 5.85. The first-order valence-electron chi connectivity index (χ1n) is 6.48. The third kappa shape index (κ3) is 3.23. The van der Waals surface area contributed by atoms with Gasteiger partial charge in [-0.1, -0.05) is 30.4 Å². The van der Waals surface area contributed by atoms with Gasteiger partial charge in [0, 0.05) is 12.1 Å². The molecule has 5 heteroatoms. The summed E-state index contributed by atoms with van der Waals surface area (Å²) in [5.41, 5.74) is 0.388. The number of carbonyl (C=O) groups excluding carboxylic acids is 1. The second-order valence-corrected chi connectivity index (χ2v) is 4.80. The summed E-state index contributed by atoms with van der Waals surface area (Å²) in [5, 5.41) is 11.7. The van der Waals surface area contributed by atoms with Crippen molar-refractivity contribution in [2.75, 3.05) is 0 Å². The molecule has 20 heavy (non-hydrogen) atoms. The number of allylic oxidation sites excluding steroid dienone is 2. The van der Waals surface area contributed by atoms with Gasteiger partial charge in [0.25, 0.3) is 0 Å². The zero-order chi connectivity index (χ0) is 14.5. The molecule has 2 N–H and O–H groups in total. The SMILES string of the molecule is O=C(O)C1CC=CCC1C(=O)NCc1ccccc1F. The molecule has 0 heterocycles. The Hall–Kier alpha value is -2.17. The number of nitrogens with one attached hydrogen (secondary N) is 1. The lowest BCUT2D eigenvalue weighted by atomic mass is 9.82. The molecule has 0 saturated carbocycles. The lowest BCUT2D eigenvalue weighted by Crippen LogP contribution is -2.38. The highest BCUT2D eigenvalue weighted by atomic mass is 19.1. The predicted octanol–water partition coefficient (Wildman–Crippen LogP) is 2.11. The number of aliphatic carboxylic acids is 1. The van der Waals surface area contributed by atoms with Gasteiger partial charge in [0.1, 0.15) is 5.82 Å². The summed E-state index contributed by atoms with van der Waals surface area (Å²) in [6, 6.07) is 6.18. The Labute approximate surface area is 116 Å². The van der Waals surface area contributed by atoms with E-state index in [1.165, 1.54) is 6.07 Å². The normalized spacial score (nSPS) is 21.4. The van der Waals surface area contributed by atoms with Crippen LogP contribution in [0.15, 0.2) is 36.4 Å². The molecule has 2 rings (SSSR count). The Bertz CT molecular complexity index is 542. The van der Waals surface area contributed by atoms with Gasteiger partial charge < -0.3 is 10.4 Å². The third-order valence-electron chi connectivity index (χ3n) is 3.50. The van der Waals surface area contributed by atoms with E-state index >= 15 is 0 Å². The van der Waals surface area contributed by atoms with Gasteiger partial charge in [0.05, 0.1) is 11.8 Å². The van der Waals surface area contributed by atoms with Crippen LogP contribution in [0.4, 0.5) is 4.39 Å². The van der Waals surface area contributed by atoms with E-state index in [1.807, 2.05) is 6.08 Å². The molecular formula is C15H16FNO3. The zero-order valence-corrected chi connectivity index (χ0v) is 10.9. The number of carbonyl (C=O) groups is 2. The van der Waals surface area contributed by atoms with Crippen molar-refractivity contribution in [3.8, 4) is 0 Å². The maximum absolute atomic E-state index is 13.4. The highest BCUT2D eigenvalue weighted by Gasteiger charge is 2.33. The Kier molecular flexibility index (Phi) is 4.50. The average Bonchev–Trinajstić information content (AvgIpc) is 2.46.